The zero-order chi connectivity index (χ0) is 10.0. The van der Waals surface area contributed by atoms with Crippen molar-refractivity contribution in [3.8, 4) is 0 Å². The minimum absolute atomic E-state index is 0.313. The SMILES string of the molecule is CC(C)(NCCn1cccn1)C1CC1. The van der Waals surface area contributed by atoms with Crippen LogP contribution in [0.5, 0.6) is 0 Å². The van der Waals surface area contributed by atoms with Gasteiger partial charge in [0, 0.05) is 24.5 Å². The van der Waals surface area contributed by atoms with Crippen LogP contribution in [0.1, 0.15) is 26.7 Å². The molecule has 1 aromatic heterocycles. The molecule has 0 unspecified atom stereocenters. The topological polar surface area (TPSA) is 29.9 Å². The Bertz CT molecular complexity index is 273. The van der Waals surface area contributed by atoms with Gasteiger partial charge in [0.15, 0.2) is 0 Å². The van der Waals surface area contributed by atoms with Crippen LogP contribution in [0.15, 0.2) is 18.5 Å². The van der Waals surface area contributed by atoms with Crippen LogP contribution in [0.4, 0.5) is 0 Å². The van der Waals surface area contributed by atoms with Crippen LogP contribution in [0.25, 0.3) is 0 Å². The van der Waals surface area contributed by atoms with E-state index in [1.54, 1.807) is 0 Å². The van der Waals surface area contributed by atoms with Crippen LogP contribution >= 0.6 is 0 Å². The van der Waals surface area contributed by atoms with E-state index in [4.69, 9.17) is 0 Å². The van der Waals surface area contributed by atoms with Crippen molar-refractivity contribution >= 4 is 0 Å². The number of hydrogen-bond acceptors (Lipinski definition) is 2. The van der Waals surface area contributed by atoms with Gasteiger partial charge in [0.05, 0.1) is 6.54 Å². The van der Waals surface area contributed by atoms with Crippen molar-refractivity contribution < 1.29 is 0 Å². The highest BCUT2D eigenvalue weighted by Gasteiger charge is 2.36. The fourth-order valence-electron chi connectivity index (χ4n) is 1.87. The molecule has 14 heavy (non-hydrogen) atoms. The molecule has 0 spiro atoms. The quantitative estimate of drug-likeness (QED) is 0.770. The minimum Gasteiger partial charge on any atom is -0.310 e. The van der Waals surface area contributed by atoms with E-state index in [-0.39, 0.29) is 0 Å². The van der Waals surface area contributed by atoms with Gasteiger partial charge < -0.3 is 5.32 Å². The lowest BCUT2D eigenvalue weighted by Crippen LogP contribution is -2.42. The standard InChI is InChI=1S/C11H19N3/c1-11(2,10-4-5-10)12-7-9-14-8-3-6-13-14/h3,6,8,10,12H,4-5,7,9H2,1-2H3. The van der Waals surface area contributed by atoms with Crippen molar-refractivity contribution in [3.05, 3.63) is 18.5 Å². The summed E-state index contributed by atoms with van der Waals surface area (Å²) in [6.45, 7) is 6.57. The molecule has 0 aromatic carbocycles. The van der Waals surface area contributed by atoms with Crippen molar-refractivity contribution in [2.45, 2.75) is 38.8 Å². The molecule has 1 saturated carbocycles. The molecule has 1 heterocycles. The molecule has 0 aliphatic heterocycles. The number of nitrogens with one attached hydrogen (secondary N) is 1. The first-order valence-electron chi connectivity index (χ1n) is 5.41. The lowest BCUT2D eigenvalue weighted by atomic mass is 9.99. The Kier molecular flexibility index (Phi) is 2.59. The lowest BCUT2D eigenvalue weighted by molar-refractivity contribution is 0.332. The Labute approximate surface area is 85.5 Å². The molecule has 0 bridgehead atoms. The van der Waals surface area contributed by atoms with E-state index in [0.717, 1.165) is 19.0 Å². The van der Waals surface area contributed by atoms with E-state index in [1.807, 2.05) is 23.1 Å². The summed E-state index contributed by atoms with van der Waals surface area (Å²) < 4.78 is 1.97. The predicted octanol–water partition coefficient (Wildman–Crippen LogP) is 1.66. The predicted molar refractivity (Wildman–Crippen MR) is 57.0 cm³/mol. The number of nitrogens with zero attached hydrogens (tertiary/aromatic N) is 2. The third kappa shape index (κ3) is 2.35. The van der Waals surface area contributed by atoms with Crippen LogP contribution in [0.2, 0.25) is 0 Å². The Hall–Kier alpha value is -0.830. The first-order chi connectivity index (χ1) is 6.68. The van der Waals surface area contributed by atoms with Crippen molar-refractivity contribution in [3.63, 3.8) is 0 Å². The second kappa shape index (κ2) is 3.73. The summed E-state index contributed by atoms with van der Waals surface area (Å²) >= 11 is 0. The summed E-state index contributed by atoms with van der Waals surface area (Å²) in [7, 11) is 0. The molecular weight excluding hydrogens is 174 g/mol. The second-order valence-electron chi connectivity index (χ2n) is 4.69. The van der Waals surface area contributed by atoms with Gasteiger partial charge in [-0.05, 0) is 38.7 Å². The second-order valence-corrected chi connectivity index (χ2v) is 4.69. The fraction of sp³-hybridized carbons (Fsp3) is 0.727. The third-order valence-corrected chi connectivity index (χ3v) is 3.08. The number of rotatable bonds is 5. The van der Waals surface area contributed by atoms with E-state index in [1.165, 1.54) is 12.8 Å². The number of aromatic nitrogens is 2. The molecule has 0 saturated heterocycles. The van der Waals surface area contributed by atoms with E-state index < -0.39 is 0 Å². The third-order valence-electron chi connectivity index (χ3n) is 3.08. The Balaban J connectivity index is 1.72. The molecule has 1 aliphatic rings. The van der Waals surface area contributed by atoms with Crippen LogP contribution in [-0.2, 0) is 6.54 Å². The maximum atomic E-state index is 4.17. The summed E-state index contributed by atoms with van der Waals surface area (Å²) in [5.74, 6) is 0.889. The van der Waals surface area contributed by atoms with Gasteiger partial charge >= 0.3 is 0 Å². The van der Waals surface area contributed by atoms with Crippen LogP contribution in [0.3, 0.4) is 0 Å². The van der Waals surface area contributed by atoms with Crippen molar-refractivity contribution in [1.82, 2.24) is 15.1 Å². The van der Waals surface area contributed by atoms with Crippen molar-refractivity contribution in [2.75, 3.05) is 6.54 Å². The van der Waals surface area contributed by atoms with Gasteiger partial charge in [0.25, 0.3) is 0 Å². The highest BCUT2D eigenvalue weighted by Crippen LogP contribution is 2.38. The maximum absolute atomic E-state index is 4.17. The van der Waals surface area contributed by atoms with Gasteiger partial charge in [-0.25, -0.2) is 0 Å². The molecule has 3 heteroatoms. The molecule has 0 radical (unpaired) electrons. The van der Waals surface area contributed by atoms with E-state index >= 15 is 0 Å². The van der Waals surface area contributed by atoms with Crippen LogP contribution < -0.4 is 5.32 Å². The highest BCUT2D eigenvalue weighted by atomic mass is 15.3. The lowest BCUT2D eigenvalue weighted by Gasteiger charge is -2.26. The summed E-state index contributed by atoms with van der Waals surface area (Å²) in [6.07, 6.45) is 6.61. The first-order valence-corrected chi connectivity index (χ1v) is 5.41. The Morgan fingerprint density at radius 1 is 1.50 bits per heavy atom. The smallest absolute Gasteiger partial charge is 0.0534 e. The van der Waals surface area contributed by atoms with Gasteiger partial charge in [-0.2, -0.15) is 5.10 Å². The van der Waals surface area contributed by atoms with Gasteiger partial charge in [0.2, 0.25) is 0 Å². The highest BCUT2D eigenvalue weighted by molar-refractivity contribution is 4.94. The maximum Gasteiger partial charge on any atom is 0.0534 e. The van der Waals surface area contributed by atoms with E-state index in [9.17, 15) is 0 Å². The zero-order valence-corrected chi connectivity index (χ0v) is 9.03. The van der Waals surface area contributed by atoms with E-state index in [2.05, 4.69) is 24.3 Å². The Morgan fingerprint density at radius 3 is 2.86 bits per heavy atom. The molecule has 1 aliphatic carbocycles. The summed E-state index contributed by atoms with van der Waals surface area (Å²) in [4.78, 5) is 0. The summed E-state index contributed by atoms with van der Waals surface area (Å²) in [5.41, 5.74) is 0.313. The molecule has 3 nitrogen and oxygen atoms in total. The zero-order valence-electron chi connectivity index (χ0n) is 9.03. The molecule has 78 valence electrons. The molecule has 0 amide bonds. The normalized spacial score (nSPS) is 17.3. The van der Waals surface area contributed by atoms with Crippen LogP contribution in [-0.4, -0.2) is 21.9 Å². The molecule has 0 atom stereocenters. The molecule has 2 rings (SSSR count). The number of hydrogen-bond donors (Lipinski definition) is 1. The minimum atomic E-state index is 0.313. The molecular formula is C11H19N3. The summed E-state index contributed by atoms with van der Waals surface area (Å²) in [5, 5.41) is 7.77. The van der Waals surface area contributed by atoms with E-state index in [0.29, 0.717) is 5.54 Å². The molecule has 1 fully saturated rings. The largest absolute Gasteiger partial charge is 0.310 e. The van der Waals surface area contributed by atoms with Crippen LogP contribution in [0, 0.1) is 5.92 Å². The first kappa shape index (κ1) is 9.71. The van der Waals surface area contributed by atoms with Gasteiger partial charge in [0.1, 0.15) is 0 Å². The van der Waals surface area contributed by atoms with Crippen molar-refractivity contribution in [1.29, 1.82) is 0 Å². The van der Waals surface area contributed by atoms with Gasteiger partial charge in [-0.15, -0.1) is 0 Å². The monoisotopic (exact) mass is 193 g/mol. The molecule has 1 N–H and O–H groups in total. The fourth-order valence-corrected chi connectivity index (χ4v) is 1.87. The Morgan fingerprint density at radius 2 is 2.29 bits per heavy atom. The average Bonchev–Trinajstić information content (AvgIpc) is 2.87. The van der Waals surface area contributed by atoms with Gasteiger partial charge in [-0.3, -0.25) is 4.68 Å². The molecule has 1 aromatic rings. The average molecular weight is 193 g/mol. The van der Waals surface area contributed by atoms with Gasteiger partial charge in [-0.1, -0.05) is 0 Å². The van der Waals surface area contributed by atoms with Crippen molar-refractivity contribution in [2.24, 2.45) is 5.92 Å². The summed E-state index contributed by atoms with van der Waals surface area (Å²) in [6, 6.07) is 1.96.